The first-order valence-electron chi connectivity index (χ1n) is 4.56. The van der Waals surface area contributed by atoms with Gasteiger partial charge in [0.25, 0.3) is 0 Å². The molecule has 0 bridgehead atoms. The highest BCUT2D eigenvalue weighted by atomic mass is 16.7. The van der Waals surface area contributed by atoms with Crippen molar-refractivity contribution in [3.63, 3.8) is 0 Å². The number of hydrogen-bond acceptors (Lipinski definition) is 5. The van der Waals surface area contributed by atoms with Gasteiger partial charge in [-0.25, -0.2) is 0 Å². The fraction of sp³-hybridized carbons (Fsp3) is 1.00. The summed E-state index contributed by atoms with van der Waals surface area (Å²) in [5, 5.41) is 3.17. The zero-order valence-electron chi connectivity index (χ0n) is 9.41. The third-order valence-corrected chi connectivity index (χ3v) is 1.89. The smallest absolute Gasteiger partial charge is 0.169 e. The molecule has 0 aromatic carbocycles. The van der Waals surface area contributed by atoms with Crippen molar-refractivity contribution in [3.8, 4) is 0 Å². The zero-order chi connectivity index (χ0) is 10.8. The number of hydrogen-bond donors (Lipinski definition) is 1. The second-order valence-corrected chi connectivity index (χ2v) is 2.87. The van der Waals surface area contributed by atoms with Crippen molar-refractivity contribution in [1.29, 1.82) is 0 Å². The van der Waals surface area contributed by atoms with Crippen LogP contribution in [-0.2, 0) is 18.9 Å². The summed E-state index contributed by atoms with van der Waals surface area (Å²) in [5.74, 6) is 0. The van der Waals surface area contributed by atoms with Gasteiger partial charge in [-0.15, -0.1) is 0 Å². The second-order valence-electron chi connectivity index (χ2n) is 2.87. The van der Waals surface area contributed by atoms with Gasteiger partial charge in [-0.05, 0) is 0 Å². The Hall–Kier alpha value is -0.200. The molecule has 0 aliphatic carbocycles. The van der Waals surface area contributed by atoms with Crippen molar-refractivity contribution in [2.75, 3.05) is 48.1 Å². The van der Waals surface area contributed by atoms with Gasteiger partial charge < -0.3 is 24.3 Å². The normalized spacial score (nSPS) is 13.5. The maximum Gasteiger partial charge on any atom is 0.169 e. The molecule has 0 aromatic rings. The number of methoxy groups -OCH3 is 4. The molecule has 0 amide bonds. The molecular weight excluding hydrogens is 186 g/mol. The van der Waals surface area contributed by atoms with Gasteiger partial charge in [0.05, 0.1) is 12.7 Å². The summed E-state index contributed by atoms with van der Waals surface area (Å²) in [6.45, 7) is 1.93. The van der Waals surface area contributed by atoms with E-state index in [1.165, 1.54) is 0 Å². The Morgan fingerprint density at radius 2 is 1.57 bits per heavy atom. The Morgan fingerprint density at radius 3 is 2.00 bits per heavy atom. The number of rotatable bonds is 9. The van der Waals surface area contributed by atoms with Gasteiger partial charge in [0.2, 0.25) is 0 Å². The lowest BCUT2D eigenvalue weighted by molar-refractivity contribution is -0.100. The van der Waals surface area contributed by atoms with Crippen LogP contribution >= 0.6 is 0 Å². The van der Waals surface area contributed by atoms with Crippen LogP contribution in [0, 0.1) is 0 Å². The molecule has 0 aliphatic heterocycles. The van der Waals surface area contributed by atoms with E-state index < -0.39 is 0 Å². The van der Waals surface area contributed by atoms with E-state index in [4.69, 9.17) is 18.9 Å². The van der Waals surface area contributed by atoms with E-state index in [1.54, 1.807) is 28.4 Å². The van der Waals surface area contributed by atoms with Crippen LogP contribution in [0.2, 0.25) is 0 Å². The Morgan fingerprint density at radius 1 is 0.929 bits per heavy atom. The molecule has 14 heavy (non-hydrogen) atoms. The van der Waals surface area contributed by atoms with Crippen LogP contribution in [0.15, 0.2) is 0 Å². The first-order chi connectivity index (χ1) is 6.78. The molecule has 0 rings (SSSR count). The van der Waals surface area contributed by atoms with E-state index >= 15 is 0 Å². The van der Waals surface area contributed by atoms with E-state index in [9.17, 15) is 0 Å². The summed E-state index contributed by atoms with van der Waals surface area (Å²) >= 11 is 0. The molecule has 1 atom stereocenters. The highest BCUT2D eigenvalue weighted by Gasteiger charge is 2.08. The minimum absolute atomic E-state index is 0.0642. The Kier molecular flexibility index (Phi) is 9.23. The van der Waals surface area contributed by atoms with Crippen LogP contribution in [0.5, 0.6) is 0 Å². The Bertz CT molecular complexity index is 119. The van der Waals surface area contributed by atoms with E-state index in [0.717, 1.165) is 0 Å². The number of nitrogens with one attached hydrogen (secondary N) is 1. The van der Waals surface area contributed by atoms with E-state index in [2.05, 4.69) is 5.32 Å². The third-order valence-electron chi connectivity index (χ3n) is 1.89. The van der Waals surface area contributed by atoms with Crippen LogP contribution < -0.4 is 5.32 Å². The minimum atomic E-state index is -0.213. The molecule has 5 heteroatoms. The van der Waals surface area contributed by atoms with Gasteiger partial charge in [0.15, 0.2) is 6.29 Å². The molecule has 0 aliphatic rings. The molecular formula is C9H21NO4. The lowest BCUT2D eigenvalue weighted by Gasteiger charge is -2.18. The predicted octanol–water partition coefficient (Wildman–Crippen LogP) is -0.144. The highest BCUT2D eigenvalue weighted by Crippen LogP contribution is 1.91. The molecule has 0 spiro atoms. The van der Waals surface area contributed by atoms with Crippen LogP contribution in [0.4, 0.5) is 0 Å². The molecule has 0 heterocycles. The van der Waals surface area contributed by atoms with E-state index in [1.807, 2.05) is 0 Å². The molecule has 0 radical (unpaired) electrons. The molecule has 0 saturated heterocycles. The zero-order valence-corrected chi connectivity index (χ0v) is 9.41. The van der Waals surface area contributed by atoms with Crippen molar-refractivity contribution in [2.45, 2.75) is 12.4 Å². The van der Waals surface area contributed by atoms with Crippen molar-refractivity contribution >= 4 is 0 Å². The first-order valence-corrected chi connectivity index (χ1v) is 4.56. The Balaban J connectivity index is 3.48. The van der Waals surface area contributed by atoms with Crippen molar-refractivity contribution in [2.24, 2.45) is 0 Å². The summed E-state index contributed by atoms with van der Waals surface area (Å²) in [7, 11) is 6.53. The third kappa shape index (κ3) is 6.28. The fourth-order valence-electron chi connectivity index (χ4n) is 1.02. The van der Waals surface area contributed by atoms with Gasteiger partial charge in [-0.1, -0.05) is 0 Å². The maximum absolute atomic E-state index is 5.17. The van der Waals surface area contributed by atoms with Crippen LogP contribution in [0.3, 0.4) is 0 Å². The van der Waals surface area contributed by atoms with Gasteiger partial charge in [0.1, 0.15) is 0 Å². The highest BCUT2D eigenvalue weighted by molar-refractivity contribution is 4.61. The van der Waals surface area contributed by atoms with Gasteiger partial charge in [0, 0.05) is 41.5 Å². The van der Waals surface area contributed by atoms with Crippen molar-refractivity contribution in [3.05, 3.63) is 0 Å². The molecule has 0 aromatic heterocycles. The first kappa shape index (κ1) is 13.8. The molecule has 86 valence electrons. The van der Waals surface area contributed by atoms with E-state index in [-0.39, 0.29) is 12.4 Å². The monoisotopic (exact) mass is 207 g/mol. The standard InChI is InChI=1S/C9H21NO4/c1-11-7-8(12-2)5-10-6-9(13-3)14-4/h8-10H,5-7H2,1-4H3. The lowest BCUT2D eigenvalue weighted by atomic mass is 10.3. The fourth-order valence-corrected chi connectivity index (χ4v) is 1.02. The maximum atomic E-state index is 5.17. The second kappa shape index (κ2) is 9.36. The SMILES string of the molecule is COCC(CNCC(OC)OC)OC. The average molecular weight is 207 g/mol. The predicted molar refractivity (Wildman–Crippen MR) is 53.3 cm³/mol. The molecule has 1 unspecified atom stereocenters. The van der Waals surface area contributed by atoms with Crippen molar-refractivity contribution < 1.29 is 18.9 Å². The quantitative estimate of drug-likeness (QED) is 0.533. The molecule has 0 saturated carbocycles. The average Bonchev–Trinajstić information content (AvgIpc) is 2.23. The summed E-state index contributed by atoms with van der Waals surface area (Å²) in [4.78, 5) is 0. The summed E-state index contributed by atoms with van der Waals surface area (Å²) in [6, 6.07) is 0. The van der Waals surface area contributed by atoms with Crippen LogP contribution in [-0.4, -0.2) is 60.5 Å². The van der Waals surface area contributed by atoms with E-state index in [0.29, 0.717) is 19.7 Å². The lowest BCUT2D eigenvalue weighted by Crippen LogP contribution is -2.37. The van der Waals surface area contributed by atoms with Gasteiger partial charge in [-0.2, -0.15) is 0 Å². The molecule has 1 N–H and O–H groups in total. The summed E-state index contributed by atoms with van der Waals surface area (Å²) in [5.41, 5.74) is 0. The van der Waals surface area contributed by atoms with Crippen LogP contribution in [0.1, 0.15) is 0 Å². The van der Waals surface area contributed by atoms with Crippen molar-refractivity contribution in [1.82, 2.24) is 5.32 Å². The topological polar surface area (TPSA) is 49.0 Å². The van der Waals surface area contributed by atoms with Gasteiger partial charge in [-0.3, -0.25) is 0 Å². The number of ether oxygens (including phenoxy) is 4. The molecule has 0 fully saturated rings. The summed E-state index contributed by atoms with van der Waals surface area (Å²) in [6.07, 6.45) is -0.149. The van der Waals surface area contributed by atoms with Crippen LogP contribution in [0.25, 0.3) is 0 Å². The largest absolute Gasteiger partial charge is 0.382 e. The molecule has 5 nitrogen and oxygen atoms in total. The van der Waals surface area contributed by atoms with Gasteiger partial charge >= 0.3 is 0 Å². The Labute approximate surface area is 85.7 Å². The summed E-state index contributed by atoms with van der Waals surface area (Å²) < 4.78 is 20.2. The minimum Gasteiger partial charge on any atom is -0.382 e.